The monoisotopic (exact) mass is 167 g/mol. The van der Waals surface area contributed by atoms with Gasteiger partial charge in [-0.1, -0.05) is 25.9 Å². The molecule has 1 aliphatic heterocycles. The van der Waals surface area contributed by atoms with E-state index >= 15 is 0 Å². The first-order chi connectivity index (χ1) is 5.27. The van der Waals surface area contributed by atoms with Crippen LogP contribution in [0, 0.1) is 0 Å². The number of nitrogens with zero attached hydrogens (tertiary/aromatic N) is 2. The van der Waals surface area contributed by atoms with Crippen LogP contribution < -0.4 is 5.45 Å². The number of hydrogen-bond acceptors (Lipinski definition) is 2. The molecule has 0 atom stereocenters. The van der Waals surface area contributed by atoms with E-state index in [2.05, 4.69) is 29.0 Å². The number of H-pyrrole nitrogens is 1. The van der Waals surface area contributed by atoms with Crippen LogP contribution in [0.3, 0.4) is 0 Å². The summed E-state index contributed by atoms with van der Waals surface area (Å²) in [5.41, 5.74) is 1.23. The highest BCUT2D eigenvalue weighted by molar-refractivity contribution is 6.80. The molecule has 2 rings (SSSR count). The molecule has 4 heteroatoms. The Labute approximate surface area is 67.8 Å². The Balaban J connectivity index is 2.18. The lowest BCUT2D eigenvalue weighted by Gasteiger charge is -1.93. The van der Waals surface area contributed by atoms with E-state index in [0.717, 1.165) is 5.82 Å². The zero-order valence-electron chi connectivity index (χ0n) is 6.96. The van der Waals surface area contributed by atoms with Crippen molar-refractivity contribution in [2.45, 2.75) is 31.9 Å². The number of aromatic nitrogens is 3. The van der Waals surface area contributed by atoms with Crippen LogP contribution in [-0.4, -0.2) is 24.0 Å². The van der Waals surface area contributed by atoms with Gasteiger partial charge in [0.15, 0.2) is 5.82 Å². The Bertz CT molecular complexity index is 235. The molecular weight excluding hydrogens is 154 g/mol. The summed E-state index contributed by atoms with van der Waals surface area (Å²) in [7, 11) is -0.528. The third-order valence-corrected chi connectivity index (χ3v) is 4.19. The molecule has 0 unspecified atom stereocenters. The van der Waals surface area contributed by atoms with Crippen LogP contribution in [-0.2, 0) is 0 Å². The molecular formula is C7H13N3Si. The van der Waals surface area contributed by atoms with Gasteiger partial charge in [-0.2, -0.15) is 5.10 Å². The fraction of sp³-hybridized carbons (Fsp3) is 0.714. The average molecular weight is 167 g/mol. The Kier molecular flexibility index (Phi) is 1.56. The maximum Gasteiger partial charge on any atom is 0.152 e. The van der Waals surface area contributed by atoms with Crippen molar-refractivity contribution in [1.82, 2.24) is 15.2 Å². The molecule has 2 heterocycles. The third-order valence-electron chi connectivity index (χ3n) is 2.00. The number of rotatable bonds is 2. The molecule has 0 amide bonds. The maximum absolute atomic E-state index is 4.47. The molecule has 0 aromatic carbocycles. The van der Waals surface area contributed by atoms with Crippen LogP contribution in [0.5, 0.6) is 0 Å². The lowest BCUT2D eigenvalue weighted by Crippen LogP contribution is -2.19. The van der Waals surface area contributed by atoms with Crippen molar-refractivity contribution >= 4 is 14.2 Å². The molecule has 0 radical (unpaired) electrons. The van der Waals surface area contributed by atoms with Gasteiger partial charge in [-0.3, -0.25) is 5.10 Å². The standard InChI is InChI=1S/C7H13N3Si/c1-5(2)6-8-7(10-9-6)11-3-4-11/h5,11H,3-4H2,1-2H3,(H,8,9,10). The fourth-order valence-corrected chi connectivity index (χ4v) is 2.86. The van der Waals surface area contributed by atoms with Gasteiger partial charge in [0.05, 0.1) is 5.45 Å². The van der Waals surface area contributed by atoms with E-state index in [4.69, 9.17) is 0 Å². The van der Waals surface area contributed by atoms with Crippen LogP contribution in [0.15, 0.2) is 0 Å². The van der Waals surface area contributed by atoms with Crippen LogP contribution in [0.2, 0.25) is 12.1 Å². The van der Waals surface area contributed by atoms with Gasteiger partial charge in [0, 0.05) is 5.92 Å². The molecule has 0 aliphatic carbocycles. The van der Waals surface area contributed by atoms with Gasteiger partial charge in [-0.05, 0) is 0 Å². The maximum atomic E-state index is 4.47. The van der Waals surface area contributed by atoms with Crippen LogP contribution >= 0.6 is 0 Å². The quantitative estimate of drug-likeness (QED) is 0.647. The molecule has 0 bridgehead atoms. The summed E-state index contributed by atoms with van der Waals surface area (Å²) in [4.78, 5) is 4.47. The Morgan fingerprint density at radius 3 is 2.64 bits per heavy atom. The van der Waals surface area contributed by atoms with E-state index in [-0.39, 0.29) is 0 Å². The minimum atomic E-state index is -0.528. The van der Waals surface area contributed by atoms with Crippen molar-refractivity contribution in [2.24, 2.45) is 0 Å². The zero-order chi connectivity index (χ0) is 7.84. The number of aromatic amines is 1. The van der Waals surface area contributed by atoms with E-state index < -0.39 is 8.80 Å². The van der Waals surface area contributed by atoms with Gasteiger partial charge in [0.2, 0.25) is 0 Å². The molecule has 1 N–H and O–H groups in total. The van der Waals surface area contributed by atoms with Gasteiger partial charge >= 0.3 is 0 Å². The van der Waals surface area contributed by atoms with E-state index in [1.807, 2.05) is 0 Å². The van der Waals surface area contributed by atoms with Gasteiger partial charge in [-0.15, -0.1) is 0 Å². The Morgan fingerprint density at radius 2 is 2.18 bits per heavy atom. The van der Waals surface area contributed by atoms with Crippen LogP contribution in [0.1, 0.15) is 25.6 Å². The lowest BCUT2D eigenvalue weighted by molar-refractivity contribution is 0.781. The smallest absolute Gasteiger partial charge is 0.152 e. The molecule has 0 spiro atoms. The van der Waals surface area contributed by atoms with Gasteiger partial charge < -0.3 is 0 Å². The first kappa shape index (κ1) is 7.03. The molecule has 1 aliphatic rings. The highest BCUT2D eigenvalue weighted by Gasteiger charge is 2.29. The second-order valence-corrected chi connectivity index (χ2v) is 6.60. The largest absolute Gasteiger partial charge is 0.268 e. The van der Waals surface area contributed by atoms with Crippen molar-refractivity contribution in [3.05, 3.63) is 5.82 Å². The molecule has 1 aromatic heterocycles. The van der Waals surface area contributed by atoms with E-state index in [9.17, 15) is 0 Å². The van der Waals surface area contributed by atoms with Gasteiger partial charge in [-0.25, -0.2) is 4.98 Å². The molecule has 3 nitrogen and oxygen atoms in total. The number of nitrogens with one attached hydrogen (secondary N) is 1. The van der Waals surface area contributed by atoms with Crippen molar-refractivity contribution in [3.8, 4) is 0 Å². The van der Waals surface area contributed by atoms with Crippen LogP contribution in [0.4, 0.5) is 0 Å². The third kappa shape index (κ3) is 1.35. The Hall–Kier alpha value is -0.643. The summed E-state index contributed by atoms with van der Waals surface area (Å²) < 4.78 is 0. The molecule has 1 aromatic rings. The molecule has 60 valence electrons. The summed E-state index contributed by atoms with van der Waals surface area (Å²) >= 11 is 0. The predicted molar refractivity (Wildman–Crippen MR) is 46.9 cm³/mol. The molecule has 1 saturated heterocycles. The molecule has 1 fully saturated rings. The summed E-state index contributed by atoms with van der Waals surface area (Å²) in [6.07, 6.45) is 0. The minimum absolute atomic E-state index is 0.466. The molecule has 0 saturated carbocycles. The van der Waals surface area contributed by atoms with Crippen molar-refractivity contribution in [2.75, 3.05) is 0 Å². The van der Waals surface area contributed by atoms with Crippen molar-refractivity contribution < 1.29 is 0 Å². The summed E-state index contributed by atoms with van der Waals surface area (Å²) in [5.74, 6) is 1.45. The molecule has 11 heavy (non-hydrogen) atoms. The first-order valence-electron chi connectivity index (χ1n) is 4.19. The summed E-state index contributed by atoms with van der Waals surface area (Å²) in [6.45, 7) is 4.25. The SMILES string of the molecule is CC(C)c1n[nH]c([SiH]2CC2)n1. The highest BCUT2D eigenvalue weighted by Crippen LogP contribution is 2.19. The van der Waals surface area contributed by atoms with Crippen LogP contribution in [0.25, 0.3) is 0 Å². The lowest BCUT2D eigenvalue weighted by atomic mass is 10.2. The number of hydrogen-bond donors (Lipinski definition) is 1. The summed E-state index contributed by atoms with van der Waals surface area (Å²) in [6, 6.07) is 2.85. The fourth-order valence-electron chi connectivity index (χ4n) is 1.09. The predicted octanol–water partition coefficient (Wildman–Crippen LogP) is 0.376. The van der Waals surface area contributed by atoms with Crippen molar-refractivity contribution in [1.29, 1.82) is 0 Å². The Morgan fingerprint density at radius 1 is 1.45 bits per heavy atom. The van der Waals surface area contributed by atoms with E-state index in [1.54, 1.807) is 0 Å². The second-order valence-electron chi connectivity index (χ2n) is 3.51. The summed E-state index contributed by atoms with van der Waals surface area (Å²) in [5, 5.41) is 7.23. The van der Waals surface area contributed by atoms with Gasteiger partial charge in [0.25, 0.3) is 0 Å². The minimum Gasteiger partial charge on any atom is -0.268 e. The van der Waals surface area contributed by atoms with E-state index in [1.165, 1.54) is 17.5 Å². The van der Waals surface area contributed by atoms with E-state index in [0.29, 0.717) is 5.92 Å². The highest BCUT2D eigenvalue weighted by atomic mass is 28.3. The average Bonchev–Trinajstić information content (AvgIpc) is 2.68. The first-order valence-corrected chi connectivity index (χ1v) is 6.40. The zero-order valence-corrected chi connectivity index (χ0v) is 8.12. The second kappa shape index (κ2) is 2.44. The van der Waals surface area contributed by atoms with Gasteiger partial charge in [0.1, 0.15) is 8.80 Å². The topological polar surface area (TPSA) is 41.6 Å². The normalized spacial score (nSPS) is 17.7. The van der Waals surface area contributed by atoms with Crippen molar-refractivity contribution in [3.63, 3.8) is 0 Å².